The van der Waals surface area contributed by atoms with E-state index < -0.39 is 11.9 Å². The Morgan fingerprint density at radius 2 is 1.78 bits per heavy atom. The molecule has 0 aliphatic rings. The Bertz CT molecular complexity index is 701. The fourth-order valence-corrected chi connectivity index (χ4v) is 2.15. The van der Waals surface area contributed by atoms with Crippen molar-refractivity contribution in [2.24, 2.45) is 0 Å². The SMILES string of the molecule is CC(=O)N(C(=O)NCCc1ccccc1F)c1ccc(N)cc1. The van der Waals surface area contributed by atoms with Crippen LogP contribution in [-0.4, -0.2) is 18.5 Å². The number of amides is 3. The van der Waals surface area contributed by atoms with Crippen LogP contribution in [-0.2, 0) is 11.2 Å². The Kier molecular flexibility index (Phi) is 5.30. The molecule has 6 heteroatoms. The van der Waals surface area contributed by atoms with Crippen LogP contribution in [0.4, 0.5) is 20.6 Å². The first-order valence-electron chi connectivity index (χ1n) is 7.16. The molecule has 2 aromatic carbocycles. The van der Waals surface area contributed by atoms with Crippen molar-refractivity contribution < 1.29 is 14.0 Å². The molecule has 0 saturated carbocycles. The van der Waals surface area contributed by atoms with Crippen LogP contribution in [0.5, 0.6) is 0 Å². The van der Waals surface area contributed by atoms with Crippen molar-refractivity contribution in [2.45, 2.75) is 13.3 Å². The molecule has 2 rings (SSSR count). The molecule has 0 aliphatic heterocycles. The predicted octanol–water partition coefficient (Wildman–Crippen LogP) is 2.71. The molecule has 0 heterocycles. The fourth-order valence-electron chi connectivity index (χ4n) is 2.15. The molecule has 120 valence electrons. The summed E-state index contributed by atoms with van der Waals surface area (Å²) in [5.41, 5.74) is 7.07. The highest BCUT2D eigenvalue weighted by molar-refractivity contribution is 6.13. The van der Waals surface area contributed by atoms with Crippen LogP contribution in [0, 0.1) is 5.82 Å². The molecule has 23 heavy (non-hydrogen) atoms. The molecule has 0 spiro atoms. The lowest BCUT2D eigenvalue weighted by atomic mass is 10.1. The summed E-state index contributed by atoms with van der Waals surface area (Å²) in [6.45, 7) is 1.52. The highest BCUT2D eigenvalue weighted by atomic mass is 19.1. The van der Waals surface area contributed by atoms with E-state index in [4.69, 9.17) is 5.73 Å². The number of rotatable bonds is 4. The van der Waals surface area contributed by atoms with Crippen LogP contribution in [0.2, 0.25) is 0 Å². The smallest absolute Gasteiger partial charge is 0.328 e. The van der Waals surface area contributed by atoms with Crippen LogP contribution in [0.25, 0.3) is 0 Å². The molecule has 0 radical (unpaired) electrons. The van der Waals surface area contributed by atoms with Crippen LogP contribution >= 0.6 is 0 Å². The number of imide groups is 1. The number of anilines is 2. The maximum atomic E-state index is 13.5. The van der Waals surface area contributed by atoms with E-state index in [0.29, 0.717) is 23.4 Å². The molecule has 0 saturated heterocycles. The van der Waals surface area contributed by atoms with Crippen molar-refractivity contribution >= 4 is 23.3 Å². The minimum atomic E-state index is -0.557. The number of carbonyl (C=O) groups excluding carboxylic acids is 2. The third-order valence-electron chi connectivity index (χ3n) is 3.30. The second-order valence-corrected chi connectivity index (χ2v) is 5.02. The first-order chi connectivity index (χ1) is 11.0. The predicted molar refractivity (Wildman–Crippen MR) is 87.5 cm³/mol. The first-order valence-corrected chi connectivity index (χ1v) is 7.16. The van der Waals surface area contributed by atoms with Crippen LogP contribution in [0.15, 0.2) is 48.5 Å². The zero-order chi connectivity index (χ0) is 16.8. The van der Waals surface area contributed by atoms with Gasteiger partial charge in [0.05, 0.1) is 5.69 Å². The monoisotopic (exact) mass is 315 g/mol. The van der Waals surface area contributed by atoms with Gasteiger partial charge in [-0.15, -0.1) is 0 Å². The Balaban J connectivity index is 2.00. The van der Waals surface area contributed by atoms with Gasteiger partial charge in [-0.3, -0.25) is 4.79 Å². The third kappa shape index (κ3) is 4.29. The number of urea groups is 1. The number of benzene rings is 2. The number of carbonyl (C=O) groups is 2. The quantitative estimate of drug-likeness (QED) is 0.852. The standard InChI is InChI=1S/C17H18FN3O2/c1-12(22)21(15-8-6-14(19)7-9-15)17(23)20-11-10-13-4-2-3-5-16(13)18/h2-9H,10-11,19H2,1H3,(H,20,23). The molecule has 3 amide bonds. The van der Waals surface area contributed by atoms with Gasteiger partial charge in [0, 0.05) is 19.2 Å². The molecule has 0 atom stereocenters. The average Bonchev–Trinajstić information content (AvgIpc) is 2.51. The molecule has 0 aliphatic carbocycles. The lowest BCUT2D eigenvalue weighted by Gasteiger charge is -2.20. The van der Waals surface area contributed by atoms with Gasteiger partial charge in [0.1, 0.15) is 5.82 Å². The number of halogens is 1. The van der Waals surface area contributed by atoms with Crippen molar-refractivity contribution in [1.29, 1.82) is 0 Å². The first kappa shape index (κ1) is 16.5. The average molecular weight is 315 g/mol. The van der Waals surface area contributed by atoms with Gasteiger partial charge in [-0.05, 0) is 42.3 Å². The van der Waals surface area contributed by atoms with Crippen LogP contribution in [0.3, 0.4) is 0 Å². The van der Waals surface area contributed by atoms with Gasteiger partial charge in [-0.2, -0.15) is 0 Å². The van der Waals surface area contributed by atoms with Gasteiger partial charge >= 0.3 is 6.03 Å². The summed E-state index contributed by atoms with van der Waals surface area (Å²) in [7, 11) is 0. The van der Waals surface area contributed by atoms with Gasteiger partial charge < -0.3 is 11.1 Å². The Hall–Kier alpha value is -2.89. The minimum Gasteiger partial charge on any atom is -0.399 e. The summed E-state index contributed by atoms with van der Waals surface area (Å²) >= 11 is 0. The number of nitrogens with one attached hydrogen (secondary N) is 1. The molecule has 0 fully saturated rings. The number of hydrogen-bond donors (Lipinski definition) is 2. The Morgan fingerprint density at radius 3 is 2.39 bits per heavy atom. The highest BCUT2D eigenvalue weighted by Gasteiger charge is 2.19. The normalized spacial score (nSPS) is 10.2. The molecule has 0 bridgehead atoms. The van der Waals surface area contributed by atoms with Crippen LogP contribution in [0.1, 0.15) is 12.5 Å². The van der Waals surface area contributed by atoms with Gasteiger partial charge in [0.15, 0.2) is 0 Å². The van der Waals surface area contributed by atoms with E-state index in [0.717, 1.165) is 4.90 Å². The van der Waals surface area contributed by atoms with E-state index >= 15 is 0 Å². The Labute approximate surface area is 133 Å². The van der Waals surface area contributed by atoms with Gasteiger partial charge in [0.25, 0.3) is 0 Å². The molecule has 5 nitrogen and oxygen atoms in total. The minimum absolute atomic E-state index is 0.221. The second kappa shape index (κ2) is 7.40. The molecule has 3 N–H and O–H groups in total. The Morgan fingerprint density at radius 1 is 1.13 bits per heavy atom. The number of nitrogen functional groups attached to an aromatic ring is 1. The molecule has 0 aromatic heterocycles. The van der Waals surface area contributed by atoms with E-state index in [1.165, 1.54) is 13.0 Å². The van der Waals surface area contributed by atoms with Gasteiger partial charge in [0.2, 0.25) is 5.91 Å². The summed E-state index contributed by atoms with van der Waals surface area (Å²) in [6.07, 6.45) is 0.339. The number of nitrogens with two attached hydrogens (primary N) is 1. The topological polar surface area (TPSA) is 75.4 Å². The van der Waals surface area contributed by atoms with E-state index in [1.54, 1.807) is 42.5 Å². The van der Waals surface area contributed by atoms with E-state index in [2.05, 4.69) is 5.32 Å². The maximum absolute atomic E-state index is 13.5. The lowest BCUT2D eigenvalue weighted by molar-refractivity contribution is -0.115. The summed E-state index contributed by atoms with van der Waals surface area (Å²) in [5.74, 6) is -0.734. The highest BCUT2D eigenvalue weighted by Crippen LogP contribution is 2.16. The number of hydrogen-bond acceptors (Lipinski definition) is 3. The largest absolute Gasteiger partial charge is 0.399 e. The summed E-state index contributed by atoms with van der Waals surface area (Å²) in [6, 6.07) is 12.2. The van der Waals surface area contributed by atoms with Gasteiger partial charge in [-0.25, -0.2) is 14.1 Å². The summed E-state index contributed by atoms with van der Waals surface area (Å²) in [4.78, 5) is 25.0. The fraction of sp³-hybridized carbons (Fsp3) is 0.176. The van der Waals surface area contributed by atoms with E-state index in [-0.39, 0.29) is 12.4 Å². The third-order valence-corrected chi connectivity index (χ3v) is 3.30. The lowest BCUT2D eigenvalue weighted by Crippen LogP contribution is -2.43. The van der Waals surface area contributed by atoms with E-state index in [1.807, 2.05) is 0 Å². The summed E-state index contributed by atoms with van der Waals surface area (Å²) < 4.78 is 13.5. The zero-order valence-electron chi connectivity index (χ0n) is 12.8. The van der Waals surface area contributed by atoms with Gasteiger partial charge in [-0.1, -0.05) is 18.2 Å². The van der Waals surface area contributed by atoms with Crippen molar-refractivity contribution in [2.75, 3.05) is 17.2 Å². The molecule has 0 unspecified atom stereocenters. The van der Waals surface area contributed by atoms with Crippen molar-refractivity contribution in [1.82, 2.24) is 5.32 Å². The van der Waals surface area contributed by atoms with Crippen molar-refractivity contribution in [3.63, 3.8) is 0 Å². The maximum Gasteiger partial charge on any atom is 0.328 e. The summed E-state index contributed by atoms with van der Waals surface area (Å²) in [5, 5.41) is 2.62. The zero-order valence-corrected chi connectivity index (χ0v) is 12.8. The molecular formula is C17H18FN3O2. The van der Waals surface area contributed by atoms with Crippen molar-refractivity contribution in [3.8, 4) is 0 Å². The molecule has 2 aromatic rings. The number of nitrogens with zero attached hydrogens (tertiary/aromatic N) is 1. The van der Waals surface area contributed by atoms with Crippen LogP contribution < -0.4 is 16.0 Å². The molecular weight excluding hydrogens is 297 g/mol. The van der Waals surface area contributed by atoms with E-state index in [9.17, 15) is 14.0 Å². The second-order valence-electron chi connectivity index (χ2n) is 5.02. The van der Waals surface area contributed by atoms with Crippen molar-refractivity contribution in [3.05, 3.63) is 59.9 Å².